The van der Waals surface area contributed by atoms with Gasteiger partial charge in [0.25, 0.3) is 0 Å². The summed E-state index contributed by atoms with van der Waals surface area (Å²) in [6.07, 6.45) is 7.20. The zero-order valence-corrected chi connectivity index (χ0v) is 15.1. The minimum Gasteiger partial charge on any atom is -0.477 e. The number of rotatable bonds is 2. The molecule has 0 aromatic carbocycles. The maximum atomic E-state index is 12.5. The molecule has 24 heavy (non-hydrogen) atoms. The Morgan fingerprint density at radius 3 is 2.50 bits per heavy atom. The quantitative estimate of drug-likeness (QED) is 0.806. The van der Waals surface area contributed by atoms with Gasteiger partial charge < -0.3 is 9.84 Å². The van der Waals surface area contributed by atoms with Gasteiger partial charge in [0.15, 0.2) is 0 Å². The first-order valence-electron chi connectivity index (χ1n) is 8.37. The summed E-state index contributed by atoms with van der Waals surface area (Å²) in [7, 11) is 0. The highest BCUT2D eigenvalue weighted by molar-refractivity contribution is 7.21. The van der Waals surface area contributed by atoms with Crippen LogP contribution in [0.25, 0.3) is 10.2 Å². The maximum absolute atomic E-state index is 12.5. The first-order chi connectivity index (χ1) is 11.3. The van der Waals surface area contributed by atoms with Gasteiger partial charge in [0.1, 0.15) is 10.5 Å². The molecule has 2 aromatic rings. The minimum atomic E-state index is -0.957. The van der Waals surface area contributed by atoms with Crippen LogP contribution >= 0.6 is 11.3 Å². The second-order valence-corrected chi connectivity index (χ2v) is 8.45. The fourth-order valence-electron chi connectivity index (χ4n) is 3.31. The zero-order valence-electron chi connectivity index (χ0n) is 14.3. The molecule has 1 aliphatic carbocycles. The largest absolute Gasteiger partial charge is 0.477 e. The highest BCUT2D eigenvalue weighted by Crippen LogP contribution is 2.40. The average molecular weight is 349 g/mol. The molecule has 0 atom stereocenters. The van der Waals surface area contributed by atoms with E-state index in [1.54, 1.807) is 6.07 Å². The molecule has 3 rings (SSSR count). The number of carboxylic acids is 1. The topological polar surface area (TPSA) is 68.5 Å². The van der Waals surface area contributed by atoms with Crippen molar-refractivity contribution < 1.29 is 19.4 Å². The summed E-state index contributed by atoms with van der Waals surface area (Å²) in [6, 6.07) is 1.58. The molecule has 1 aliphatic rings. The number of hydrogen-bond acceptors (Lipinski definition) is 4. The van der Waals surface area contributed by atoms with E-state index >= 15 is 0 Å². The van der Waals surface area contributed by atoms with Gasteiger partial charge in [0.05, 0.1) is 10.2 Å². The average Bonchev–Trinajstić information content (AvgIpc) is 3.05. The van der Waals surface area contributed by atoms with E-state index in [1.807, 2.05) is 27.0 Å². The summed E-state index contributed by atoms with van der Waals surface area (Å²) in [6.45, 7) is 5.47. The van der Waals surface area contributed by atoms with Crippen LogP contribution in [0.2, 0.25) is 0 Å². The molecule has 1 fully saturated rings. The van der Waals surface area contributed by atoms with E-state index in [2.05, 4.69) is 0 Å². The number of thiophene rings is 1. The first-order valence-corrected chi connectivity index (χ1v) is 9.19. The Hall–Kier alpha value is -1.82. The number of aromatic carboxylic acids is 1. The van der Waals surface area contributed by atoms with Crippen molar-refractivity contribution in [2.24, 2.45) is 0 Å². The van der Waals surface area contributed by atoms with Gasteiger partial charge in [-0.1, -0.05) is 19.3 Å². The van der Waals surface area contributed by atoms with Crippen LogP contribution in [0.1, 0.15) is 74.0 Å². The second kappa shape index (κ2) is 6.24. The zero-order chi connectivity index (χ0) is 17.5. The predicted octanol–water partition coefficient (Wildman–Crippen LogP) is 5.23. The molecule has 0 aliphatic heterocycles. The maximum Gasteiger partial charge on any atom is 0.419 e. The molecule has 0 spiro atoms. The van der Waals surface area contributed by atoms with E-state index in [1.165, 1.54) is 35.2 Å². The van der Waals surface area contributed by atoms with Crippen molar-refractivity contribution in [3.05, 3.63) is 22.7 Å². The number of fused-ring (bicyclic) bond motifs is 1. The molecule has 0 radical (unpaired) electrons. The number of carboxylic acid groups (broad SMARTS) is 1. The highest BCUT2D eigenvalue weighted by atomic mass is 32.1. The molecule has 1 saturated carbocycles. The van der Waals surface area contributed by atoms with Crippen molar-refractivity contribution in [1.29, 1.82) is 0 Å². The van der Waals surface area contributed by atoms with Crippen LogP contribution in [0.15, 0.2) is 12.3 Å². The molecule has 0 bridgehead atoms. The number of carbonyl (C=O) groups is 2. The summed E-state index contributed by atoms with van der Waals surface area (Å²) in [5.74, 6) is -0.563. The Kier molecular flexibility index (Phi) is 4.42. The van der Waals surface area contributed by atoms with E-state index < -0.39 is 17.7 Å². The molecule has 0 unspecified atom stereocenters. The lowest BCUT2D eigenvalue weighted by molar-refractivity contribution is 0.0543. The van der Waals surface area contributed by atoms with E-state index in [4.69, 9.17) is 4.74 Å². The summed E-state index contributed by atoms with van der Waals surface area (Å²) >= 11 is 1.25. The lowest BCUT2D eigenvalue weighted by Gasteiger charge is -2.21. The lowest BCUT2D eigenvalue weighted by Crippen LogP contribution is -2.26. The Morgan fingerprint density at radius 1 is 1.25 bits per heavy atom. The third kappa shape index (κ3) is 3.34. The van der Waals surface area contributed by atoms with Crippen molar-refractivity contribution >= 4 is 33.6 Å². The second-order valence-electron chi connectivity index (χ2n) is 7.40. The van der Waals surface area contributed by atoms with Crippen LogP contribution in [-0.4, -0.2) is 27.3 Å². The Balaban J connectivity index is 2.07. The van der Waals surface area contributed by atoms with Gasteiger partial charge in [-0.3, -0.25) is 4.57 Å². The fraction of sp³-hybridized carbons (Fsp3) is 0.556. The summed E-state index contributed by atoms with van der Waals surface area (Å²) in [4.78, 5) is 24.2. The first kappa shape index (κ1) is 17.0. The third-order valence-electron chi connectivity index (χ3n) is 4.35. The number of ether oxygens (including phenoxy) is 1. The normalized spacial score (nSPS) is 16.5. The molecule has 130 valence electrons. The van der Waals surface area contributed by atoms with E-state index in [0.29, 0.717) is 11.4 Å². The Labute approximate surface area is 145 Å². The summed E-state index contributed by atoms with van der Waals surface area (Å²) in [5, 5.41) is 9.31. The highest BCUT2D eigenvalue weighted by Gasteiger charge is 2.27. The van der Waals surface area contributed by atoms with Gasteiger partial charge in [0.2, 0.25) is 0 Å². The van der Waals surface area contributed by atoms with E-state index in [9.17, 15) is 14.7 Å². The van der Waals surface area contributed by atoms with Crippen LogP contribution in [0.3, 0.4) is 0 Å². The Bertz CT molecular complexity index is 775. The van der Waals surface area contributed by atoms with Gasteiger partial charge in [-0.05, 0) is 51.2 Å². The SMILES string of the molecule is CC(C)(C)OC(=O)n1cc(C2CCCCC2)c2sc(C(=O)O)cc21. The van der Waals surface area contributed by atoms with Crippen molar-refractivity contribution in [3.63, 3.8) is 0 Å². The van der Waals surface area contributed by atoms with E-state index in [0.717, 1.165) is 23.1 Å². The summed E-state index contributed by atoms with van der Waals surface area (Å²) in [5.41, 5.74) is 1.14. The summed E-state index contributed by atoms with van der Waals surface area (Å²) < 4.78 is 7.87. The van der Waals surface area contributed by atoms with E-state index in [-0.39, 0.29) is 4.88 Å². The molecule has 2 heterocycles. The minimum absolute atomic E-state index is 0.259. The van der Waals surface area contributed by atoms with Gasteiger partial charge in [-0.25, -0.2) is 9.59 Å². The fourth-order valence-corrected chi connectivity index (χ4v) is 4.38. The van der Waals surface area contributed by atoms with Gasteiger partial charge in [-0.2, -0.15) is 0 Å². The number of aromatic nitrogens is 1. The molecule has 2 aromatic heterocycles. The van der Waals surface area contributed by atoms with Crippen molar-refractivity contribution in [2.45, 2.75) is 64.4 Å². The molecular weight excluding hydrogens is 326 g/mol. The third-order valence-corrected chi connectivity index (χ3v) is 5.51. The van der Waals surface area contributed by atoms with Crippen LogP contribution in [0.5, 0.6) is 0 Å². The molecule has 5 nitrogen and oxygen atoms in total. The van der Waals surface area contributed by atoms with Gasteiger partial charge >= 0.3 is 12.1 Å². The molecular formula is C18H23NO4S. The predicted molar refractivity (Wildman–Crippen MR) is 94.2 cm³/mol. The van der Waals surface area contributed by atoms with Crippen LogP contribution in [-0.2, 0) is 4.74 Å². The molecule has 6 heteroatoms. The van der Waals surface area contributed by atoms with Crippen molar-refractivity contribution in [3.8, 4) is 0 Å². The number of nitrogens with zero attached hydrogens (tertiary/aromatic N) is 1. The monoisotopic (exact) mass is 349 g/mol. The number of hydrogen-bond donors (Lipinski definition) is 1. The molecule has 0 saturated heterocycles. The van der Waals surface area contributed by atoms with Crippen molar-refractivity contribution in [1.82, 2.24) is 4.57 Å². The van der Waals surface area contributed by atoms with Crippen LogP contribution < -0.4 is 0 Å². The lowest BCUT2D eigenvalue weighted by atomic mass is 9.85. The van der Waals surface area contributed by atoms with Crippen molar-refractivity contribution in [2.75, 3.05) is 0 Å². The van der Waals surface area contributed by atoms with Crippen LogP contribution in [0, 0.1) is 0 Å². The standard InChI is InChI=1S/C18H23NO4S/c1-18(2,3)23-17(22)19-10-12(11-7-5-4-6-8-11)15-13(19)9-14(24-15)16(20)21/h9-11H,4-8H2,1-3H3,(H,20,21). The molecule has 0 amide bonds. The Morgan fingerprint density at radius 2 is 1.92 bits per heavy atom. The van der Waals surface area contributed by atoms with Gasteiger partial charge in [-0.15, -0.1) is 11.3 Å². The number of carbonyl (C=O) groups excluding carboxylic acids is 1. The van der Waals surface area contributed by atoms with Crippen LogP contribution in [0.4, 0.5) is 4.79 Å². The molecule has 1 N–H and O–H groups in total. The van der Waals surface area contributed by atoms with Gasteiger partial charge in [0, 0.05) is 6.20 Å². The smallest absolute Gasteiger partial charge is 0.419 e.